The third-order valence-corrected chi connectivity index (χ3v) is 2.66. The number of nitrogens with zero attached hydrogens (tertiary/aromatic N) is 3. The van der Waals surface area contributed by atoms with E-state index in [1.165, 1.54) is 18.4 Å². The Morgan fingerprint density at radius 1 is 1.41 bits per heavy atom. The Kier molecular flexibility index (Phi) is 3.01. The van der Waals surface area contributed by atoms with Crippen molar-refractivity contribution in [1.29, 1.82) is 0 Å². The van der Waals surface area contributed by atoms with E-state index in [2.05, 4.69) is 10.2 Å². The minimum Gasteiger partial charge on any atom is -0.274 e. The van der Waals surface area contributed by atoms with E-state index >= 15 is 0 Å². The molecule has 0 N–H and O–H groups in total. The van der Waals surface area contributed by atoms with Crippen LogP contribution in [-0.4, -0.2) is 35.3 Å². The number of carbonyl (C=O) groups is 1. The third kappa shape index (κ3) is 1.97. The molecule has 0 unspecified atom stereocenters. The number of aryl methyl sites for hydroxylation is 1. The summed E-state index contributed by atoms with van der Waals surface area (Å²) in [4.78, 5) is 16.9. The molecule has 1 heterocycles. The first-order chi connectivity index (χ1) is 8.15. The van der Waals surface area contributed by atoms with E-state index in [9.17, 15) is 4.79 Å². The summed E-state index contributed by atoms with van der Waals surface area (Å²) < 4.78 is 0. The summed E-state index contributed by atoms with van der Waals surface area (Å²) in [5.41, 5.74) is 2.22. The molecule has 0 fully saturated rings. The number of hydroxylamine groups is 2. The van der Waals surface area contributed by atoms with E-state index in [-0.39, 0.29) is 5.91 Å². The van der Waals surface area contributed by atoms with Crippen molar-refractivity contribution in [1.82, 2.24) is 15.3 Å². The predicted octanol–water partition coefficient (Wildman–Crippen LogP) is 1.57. The molecule has 1 aromatic heterocycles. The van der Waals surface area contributed by atoms with Crippen LogP contribution in [0.25, 0.3) is 10.9 Å². The maximum atomic E-state index is 12.0. The van der Waals surface area contributed by atoms with Gasteiger partial charge in [-0.1, -0.05) is 18.2 Å². The van der Waals surface area contributed by atoms with Crippen molar-refractivity contribution in [3.8, 4) is 0 Å². The second kappa shape index (κ2) is 4.47. The quantitative estimate of drug-likeness (QED) is 0.736. The molecule has 0 spiro atoms. The van der Waals surface area contributed by atoms with Crippen molar-refractivity contribution >= 4 is 16.8 Å². The van der Waals surface area contributed by atoms with Crippen LogP contribution >= 0.6 is 0 Å². The van der Waals surface area contributed by atoms with Gasteiger partial charge in [0.1, 0.15) is 0 Å². The zero-order valence-electron chi connectivity index (χ0n) is 9.97. The van der Waals surface area contributed by atoms with Crippen LogP contribution in [0.5, 0.6) is 0 Å². The number of amides is 1. The van der Waals surface area contributed by atoms with Gasteiger partial charge in [0.05, 0.1) is 24.4 Å². The lowest BCUT2D eigenvalue weighted by molar-refractivity contribution is -0.0756. The van der Waals surface area contributed by atoms with E-state index in [1.807, 2.05) is 25.1 Å². The Hall–Kier alpha value is -2.01. The lowest BCUT2D eigenvalue weighted by atomic mass is 10.1. The first-order valence-electron chi connectivity index (χ1n) is 5.18. The number of hydrogen-bond acceptors (Lipinski definition) is 4. The number of carbonyl (C=O) groups excluding carboxylic acids is 1. The van der Waals surface area contributed by atoms with Gasteiger partial charge in [-0.15, -0.1) is 0 Å². The van der Waals surface area contributed by atoms with Crippen LogP contribution in [0.2, 0.25) is 0 Å². The summed E-state index contributed by atoms with van der Waals surface area (Å²) >= 11 is 0. The fourth-order valence-electron chi connectivity index (χ4n) is 1.65. The van der Waals surface area contributed by atoms with Crippen LogP contribution in [0.1, 0.15) is 15.9 Å². The Labute approximate surface area is 99.0 Å². The summed E-state index contributed by atoms with van der Waals surface area (Å²) in [5.74, 6) is -0.238. The van der Waals surface area contributed by atoms with Crippen molar-refractivity contribution < 1.29 is 9.63 Å². The first kappa shape index (κ1) is 11.5. The van der Waals surface area contributed by atoms with Crippen LogP contribution in [0, 0.1) is 6.92 Å². The van der Waals surface area contributed by atoms with Gasteiger partial charge >= 0.3 is 0 Å². The van der Waals surface area contributed by atoms with Gasteiger partial charge in [0, 0.05) is 12.4 Å². The Morgan fingerprint density at radius 3 is 2.88 bits per heavy atom. The van der Waals surface area contributed by atoms with Crippen molar-refractivity contribution in [3.05, 3.63) is 35.5 Å². The first-order valence-corrected chi connectivity index (χ1v) is 5.18. The summed E-state index contributed by atoms with van der Waals surface area (Å²) in [6, 6.07) is 5.68. The van der Waals surface area contributed by atoms with Gasteiger partial charge in [0.2, 0.25) is 0 Å². The maximum absolute atomic E-state index is 12.0. The summed E-state index contributed by atoms with van der Waals surface area (Å²) in [6.45, 7) is 1.94. The molecule has 1 aromatic carbocycles. The Bertz CT molecular complexity index is 569. The molecule has 0 bridgehead atoms. The van der Waals surface area contributed by atoms with E-state index < -0.39 is 0 Å². The molecule has 88 valence electrons. The summed E-state index contributed by atoms with van der Waals surface area (Å²) in [5, 5.41) is 9.86. The SMILES string of the molecule is CON(C)C(=O)c1cnnc2c(C)cccc12. The van der Waals surface area contributed by atoms with E-state index in [0.717, 1.165) is 16.5 Å². The molecule has 5 heteroatoms. The molecule has 0 saturated carbocycles. The molecule has 0 aliphatic carbocycles. The highest BCUT2D eigenvalue weighted by molar-refractivity contribution is 6.05. The van der Waals surface area contributed by atoms with Gasteiger partial charge in [-0.05, 0) is 12.5 Å². The average molecular weight is 231 g/mol. The Morgan fingerprint density at radius 2 is 2.18 bits per heavy atom. The molecular weight excluding hydrogens is 218 g/mol. The smallest absolute Gasteiger partial charge is 0.274 e. The molecule has 2 aromatic rings. The normalized spacial score (nSPS) is 10.5. The molecule has 1 amide bonds. The summed E-state index contributed by atoms with van der Waals surface area (Å²) in [6.07, 6.45) is 1.46. The highest BCUT2D eigenvalue weighted by Crippen LogP contribution is 2.19. The predicted molar refractivity (Wildman–Crippen MR) is 63.4 cm³/mol. The second-order valence-electron chi connectivity index (χ2n) is 3.71. The van der Waals surface area contributed by atoms with E-state index in [1.54, 1.807) is 7.05 Å². The fourth-order valence-corrected chi connectivity index (χ4v) is 1.65. The molecule has 0 saturated heterocycles. The zero-order chi connectivity index (χ0) is 12.4. The number of benzene rings is 1. The molecule has 2 rings (SSSR count). The average Bonchev–Trinajstić information content (AvgIpc) is 2.37. The maximum Gasteiger partial charge on any atom is 0.279 e. The van der Waals surface area contributed by atoms with Crippen molar-refractivity contribution in [2.24, 2.45) is 0 Å². The van der Waals surface area contributed by atoms with Gasteiger partial charge in [-0.2, -0.15) is 10.2 Å². The highest BCUT2D eigenvalue weighted by Gasteiger charge is 2.16. The van der Waals surface area contributed by atoms with Crippen molar-refractivity contribution in [3.63, 3.8) is 0 Å². The van der Waals surface area contributed by atoms with Crippen LogP contribution in [-0.2, 0) is 4.84 Å². The van der Waals surface area contributed by atoms with Gasteiger partial charge in [-0.25, -0.2) is 5.06 Å². The number of rotatable bonds is 2. The zero-order valence-corrected chi connectivity index (χ0v) is 9.97. The standard InChI is InChI=1S/C12H13N3O2/c1-8-5-4-6-9-10(7-13-14-11(8)9)12(16)15(2)17-3/h4-7H,1-3H3. The van der Waals surface area contributed by atoms with Crippen LogP contribution in [0.4, 0.5) is 0 Å². The van der Waals surface area contributed by atoms with Gasteiger partial charge in [0.15, 0.2) is 0 Å². The second-order valence-corrected chi connectivity index (χ2v) is 3.71. The molecule has 17 heavy (non-hydrogen) atoms. The molecule has 0 aliphatic heterocycles. The van der Waals surface area contributed by atoms with Gasteiger partial charge < -0.3 is 0 Å². The lowest BCUT2D eigenvalue weighted by Gasteiger charge is -2.14. The fraction of sp³-hybridized carbons (Fsp3) is 0.250. The topological polar surface area (TPSA) is 55.3 Å². The number of aromatic nitrogens is 2. The van der Waals surface area contributed by atoms with Gasteiger partial charge in [0.25, 0.3) is 5.91 Å². The minimum atomic E-state index is -0.238. The van der Waals surface area contributed by atoms with E-state index in [0.29, 0.717) is 5.56 Å². The Balaban J connectivity index is 2.63. The molecule has 0 aliphatic rings. The molecule has 5 nitrogen and oxygen atoms in total. The number of fused-ring (bicyclic) bond motifs is 1. The van der Waals surface area contributed by atoms with E-state index in [4.69, 9.17) is 4.84 Å². The molecule has 0 atom stereocenters. The van der Waals surface area contributed by atoms with Crippen LogP contribution < -0.4 is 0 Å². The molecular formula is C12H13N3O2. The largest absolute Gasteiger partial charge is 0.279 e. The highest BCUT2D eigenvalue weighted by atomic mass is 16.7. The van der Waals surface area contributed by atoms with Crippen LogP contribution in [0.15, 0.2) is 24.4 Å². The monoisotopic (exact) mass is 231 g/mol. The van der Waals surface area contributed by atoms with Crippen molar-refractivity contribution in [2.45, 2.75) is 6.92 Å². The van der Waals surface area contributed by atoms with Crippen molar-refractivity contribution in [2.75, 3.05) is 14.2 Å². The van der Waals surface area contributed by atoms with Crippen LogP contribution in [0.3, 0.4) is 0 Å². The number of hydrogen-bond donors (Lipinski definition) is 0. The lowest BCUT2D eigenvalue weighted by Crippen LogP contribution is -2.25. The van der Waals surface area contributed by atoms with Gasteiger partial charge in [-0.3, -0.25) is 9.63 Å². The third-order valence-electron chi connectivity index (χ3n) is 2.66. The molecule has 0 radical (unpaired) electrons. The minimum absolute atomic E-state index is 0.238. The summed E-state index contributed by atoms with van der Waals surface area (Å²) in [7, 11) is 3.00.